The van der Waals surface area contributed by atoms with E-state index in [9.17, 15) is 4.79 Å². The monoisotopic (exact) mass is 283 g/mol. The highest BCUT2D eigenvalue weighted by Crippen LogP contribution is 2.12. The molecule has 0 spiro atoms. The Bertz CT molecular complexity index is 540. The van der Waals surface area contributed by atoms with Crippen molar-refractivity contribution in [2.24, 2.45) is 0 Å². The largest absolute Gasteiger partial charge is 0.494 e. The third-order valence-corrected chi connectivity index (χ3v) is 3.24. The molecule has 0 aliphatic heterocycles. The van der Waals surface area contributed by atoms with Gasteiger partial charge in [0.15, 0.2) is 0 Å². The Kier molecular flexibility index (Phi) is 5.83. The molecule has 21 heavy (non-hydrogen) atoms. The van der Waals surface area contributed by atoms with Gasteiger partial charge in [-0.05, 0) is 31.0 Å². The van der Waals surface area contributed by atoms with E-state index in [1.807, 2.05) is 67.6 Å². The lowest BCUT2D eigenvalue weighted by atomic mass is 10.1. The molecular weight excluding hydrogens is 262 g/mol. The Labute approximate surface area is 126 Å². The van der Waals surface area contributed by atoms with Gasteiger partial charge in [-0.3, -0.25) is 4.79 Å². The minimum Gasteiger partial charge on any atom is -0.494 e. The molecule has 0 aliphatic carbocycles. The SMILES string of the molecule is C[C@H](NC(=O)CCCOc1ccccc1)c1ccccc1. The van der Waals surface area contributed by atoms with Crippen molar-refractivity contribution in [3.05, 3.63) is 66.2 Å². The molecule has 3 heteroatoms. The van der Waals surface area contributed by atoms with Gasteiger partial charge in [-0.1, -0.05) is 48.5 Å². The highest BCUT2D eigenvalue weighted by Gasteiger charge is 2.08. The summed E-state index contributed by atoms with van der Waals surface area (Å²) in [7, 11) is 0. The normalized spacial score (nSPS) is 11.7. The van der Waals surface area contributed by atoms with Crippen molar-refractivity contribution in [3.63, 3.8) is 0 Å². The van der Waals surface area contributed by atoms with Crippen LogP contribution in [0.4, 0.5) is 0 Å². The van der Waals surface area contributed by atoms with Gasteiger partial charge < -0.3 is 10.1 Å². The molecule has 1 N–H and O–H groups in total. The molecule has 0 heterocycles. The summed E-state index contributed by atoms with van der Waals surface area (Å²) in [4.78, 5) is 11.9. The summed E-state index contributed by atoms with van der Waals surface area (Å²) in [5, 5.41) is 3.00. The molecule has 2 aromatic carbocycles. The minimum atomic E-state index is 0.0359. The number of benzene rings is 2. The van der Waals surface area contributed by atoms with Crippen LogP contribution in [0, 0.1) is 0 Å². The predicted molar refractivity (Wildman–Crippen MR) is 84.2 cm³/mol. The van der Waals surface area contributed by atoms with E-state index in [2.05, 4.69) is 5.32 Å². The van der Waals surface area contributed by atoms with E-state index in [0.29, 0.717) is 19.4 Å². The van der Waals surface area contributed by atoms with Gasteiger partial charge in [0.2, 0.25) is 5.91 Å². The van der Waals surface area contributed by atoms with E-state index in [0.717, 1.165) is 11.3 Å². The number of carbonyl (C=O) groups is 1. The van der Waals surface area contributed by atoms with Gasteiger partial charge in [-0.25, -0.2) is 0 Å². The zero-order valence-electron chi connectivity index (χ0n) is 12.3. The van der Waals surface area contributed by atoms with E-state index >= 15 is 0 Å². The molecule has 2 rings (SSSR count). The number of nitrogens with one attached hydrogen (secondary N) is 1. The third kappa shape index (κ3) is 5.30. The molecule has 0 saturated carbocycles. The zero-order chi connectivity index (χ0) is 14.9. The number of amides is 1. The standard InChI is InChI=1S/C18H21NO2/c1-15(16-9-4-2-5-10-16)19-18(20)13-8-14-21-17-11-6-3-7-12-17/h2-7,9-12,15H,8,13-14H2,1H3,(H,19,20)/t15-/m0/s1. The molecule has 0 saturated heterocycles. The quantitative estimate of drug-likeness (QED) is 0.786. The van der Waals surface area contributed by atoms with Gasteiger partial charge in [0, 0.05) is 6.42 Å². The summed E-state index contributed by atoms with van der Waals surface area (Å²) < 4.78 is 5.57. The van der Waals surface area contributed by atoms with E-state index in [4.69, 9.17) is 4.74 Å². The lowest BCUT2D eigenvalue weighted by Gasteiger charge is -2.14. The van der Waals surface area contributed by atoms with E-state index in [1.165, 1.54) is 0 Å². The van der Waals surface area contributed by atoms with E-state index < -0.39 is 0 Å². The second-order valence-electron chi connectivity index (χ2n) is 4.96. The van der Waals surface area contributed by atoms with Crippen molar-refractivity contribution in [3.8, 4) is 5.75 Å². The lowest BCUT2D eigenvalue weighted by Crippen LogP contribution is -2.26. The molecule has 0 fully saturated rings. The maximum atomic E-state index is 11.9. The fourth-order valence-electron chi connectivity index (χ4n) is 2.08. The van der Waals surface area contributed by atoms with Gasteiger partial charge in [0.05, 0.1) is 12.6 Å². The van der Waals surface area contributed by atoms with Gasteiger partial charge >= 0.3 is 0 Å². The van der Waals surface area contributed by atoms with Crippen molar-refractivity contribution < 1.29 is 9.53 Å². The fourth-order valence-corrected chi connectivity index (χ4v) is 2.08. The Balaban J connectivity index is 1.66. The highest BCUT2D eigenvalue weighted by atomic mass is 16.5. The van der Waals surface area contributed by atoms with Crippen LogP contribution in [-0.4, -0.2) is 12.5 Å². The predicted octanol–water partition coefficient (Wildman–Crippen LogP) is 3.72. The summed E-state index contributed by atoms with van der Waals surface area (Å²) >= 11 is 0. The molecule has 2 aromatic rings. The first-order valence-corrected chi connectivity index (χ1v) is 7.28. The van der Waals surface area contributed by atoms with Crippen molar-refractivity contribution in [1.29, 1.82) is 0 Å². The van der Waals surface area contributed by atoms with E-state index in [-0.39, 0.29) is 11.9 Å². The van der Waals surface area contributed by atoms with Crippen LogP contribution in [0.5, 0.6) is 5.75 Å². The smallest absolute Gasteiger partial charge is 0.220 e. The Morgan fingerprint density at radius 3 is 2.33 bits per heavy atom. The second-order valence-corrected chi connectivity index (χ2v) is 4.96. The maximum Gasteiger partial charge on any atom is 0.220 e. The third-order valence-electron chi connectivity index (χ3n) is 3.24. The van der Waals surface area contributed by atoms with Crippen LogP contribution in [0.15, 0.2) is 60.7 Å². The molecule has 0 radical (unpaired) electrons. The minimum absolute atomic E-state index is 0.0359. The van der Waals surface area contributed by atoms with Crippen LogP contribution in [-0.2, 0) is 4.79 Å². The Hall–Kier alpha value is -2.29. The summed E-state index contributed by atoms with van der Waals surface area (Å²) in [6.07, 6.45) is 1.19. The topological polar surface area (TPSA) is 38.3 Å². The summed E-state index contributed by atoms with van der Waals surface area (Å²) in [5.41, 5.74) is 1.12. The summed E-state index contributed by atoms with van der Waals surface area (Å²) in [5.74, 6) is 0.901. The maximum absolute atomic E-state index is 11.9. The first kappa shape index (κ1) is 15.1. The molecule has 0 unspecified atom stereocenters. The number of hydrogen-bond donors (Lipinski definition) is 1. The first-order chi connectivity index (χ1) is 10.3. The van der Waals surface area contributed by atoms with Crippen LogP contribution in [0.1, 0.15) is 31.4 Å². The molecule has 0 aliphatic rings. The Morgan fingerprint density at radius 1 is 1.05 bits per heavy atom. The fraction of sp³-hybridized carbons (Fsp3) is 0.278. The molecule has 1 atom stereocenters. The Morgan fingerprint density at radius 2 is 1.67 bits per heavy atom. The first-order valence-electron chi connectivity index (χ1n) is 7.28. The van der Waals surface area contributed by atoms with Crippen molar-refractivity contribution in [2.45, 2.75) is 25.8 Å². The van der Waals surface area contributed by atoms with Crippen LogP contribution >= 0.6 is 0 Å². The van der Waals surface area contributed by atoms with Gasteiger partial charge in [0.1, 0.15) is 5.75 Å². The average molecular weight is 283 g/mol. The van der Waals surface area contributed by atoms with Crippen LogP contribution < -0.4 is 10.1 Å². The van der Waals surface area contributed by atoms with Crippen molar-refractivity contribution in [1.82, 2.24) is 5.32 Å². The second kappa shape index (κ2) is 8.10. The number of rotatable bonds is 7. The number of ether oxygens (including phenoxy) is 1. The molecule has 0 aromatic heterocycles. The number of carbonyl (C=O) groups excluding carboxylic acids is 1. The van der Waals surface area contributed by atoms with Crippen molar-refractivity contribution in [2.75, 3.05) is 6.61 Å². The van der Waals surface area contributed by atoms with Crippen LogP contribution in [0.2, 0.25) is 0 Å². The molecule has 0 bridgehead atoms. The lowest BCUT2D eigenvalue weighted by molar-refractivity contribution is -0.121. The van der Waals surface area contributed by atoms with Gasteiger partial charge in [0.25, 0.3) is 0 Å². The highest BCUT2D eigenvalue weighted by molar-refractivity contribution is 5.76. The van der Waals surface area contributed by atoms with Crippen LogP contribution in [0.25, 0.3) is 0 Å². The van der Waals surface area contributed by atoms with Gasteiger partial charge in [-0.15, -0.1) is 0 Å². The van der Waals surface area contributed by atoms with E-state index in [1.54, 1.807) is 0 Å². The molecule has 110 valence electrons. The number of hydrogen-bond acceptors (Lipinski definition) is 2. The zero-order valence-corrected chi connectivity index (χ0v) is 12.3. The molecular formula is C18H21NO2. The van der Waals surface area contributed by atoms with Gasteiger partial charge in [-0.2, -0.15) is 0 Å². The van der Waals surface area contributed by atoms with Crippen LogP contribution in [0.3, 0.4) is 0 Å². The summed E-state index contributed by atoms with van der Waals surface area (Å²) in [6.45, 7) is 2.55. The summed E-state index contributed by atoms with van der Waals surface area (Å²) in [6, 6.07) is 19.6. The van der Waals surface area contributed by atoms with Crippen molar-refractivity contribution >= 4 is 5.91 Å². The number of para-hydroxylation sites is 1. The molecule has 3 nitrogen and oxygen atoms in total. The molecule has 1 amide bonds. The average Bonchev–Trinajstić information content (AvgIpc) is 2.53.